The lowest BCUT2D eigenvalue weighted by Crippen LogP contribution is -2.24. The third-order valence-electron chi connectivity index (χ3n) is 3.65. The van der Waals surface area contributed by atoms with E-state index in [1.165, 1.54) is 0 Å². The van der Waals surface area contributed by atoms with Gasteiger partial charge in [-0.3, -0.25) is 4.79 Å². The molecule has 1 N–H and O–H groups in total. The maximum Gasteiger partial charge on any atom is 0.344 e. The highest BCUT2D eigenvalue weighted by Gasteiger charge is 2.11. The smallest absolute Gasteiger partial charge is 0.344 e. The van der Waals surface area contributed by atoms with Crippen molar-refractivity contribution < 1.29 is 19.1 Å². The summed E-state index contributed by atoms with van der Waals surface area (Å²) in [6.07, 6.45) is 0. The number of carbonyl (C=O) groups is 2. The van der Waals surface area contributed by atoms with Crippen LogP contribution in [0.15, 0.2) is 36.4 Å². The molecule has 0 bridgehead atoms. The summed E-state index contributed by atoms with van der Waals surface area (Å²) >= 11 is 0. The number of hydrogen-bond acceptors (Lipinski definition) is 4. The van der Waals surface area contributed by atoms with Crippen molar-refractivity contribution in [1.29, 1.82) is 0 Å². The van der Waals surface area contributed by atoms with Gasteiger partial charge in [-0.05, 0) is 56.5 Å². The standard InChI is InChI=1S/C20H23NO4/c1-13-6-5-7-17(10-13)24-12-19(23)25-11-18(22)21-20-15(3)8-14(2)9-16(20)4/h5-10H,11-12H2,1-4H3,(H,21,22). The van der Waals surface area contributed by atoms with Crippen LogP contribution < -0.4 is 10.1 Å². The number of ether oxygens (including phenoxy) is 2. The average Bonchev–Trinajstić information content (AvgIpc) is 2.54. The molecule has 1 amide bonds. The lowest BCUT2D eigenvalue weighted by molar-refractivity contribution is -0.149. The molecule has 0 radical (unpaired) electrons. The Morgan fingerprint density at radius 2 is 1.60 bits per heavy atom. The molecule has 0 aliphatic heterocycles. The van der Waals surface area contributed by atoms with Crippen LogP contribution in [0, 0.1) is 27.7 Å². The fourth-order valence-corrected chi connectivity index (χ4v) is 2.59. The van der Waals surface area contributed by atoms with E-state index >= 15 is 0 Å². The molecule has 5 nitrogen and oxygen atoms in total. The molecule has 0 unspecified atom stereocenters. The van der Waals surface area contributed by atoms with E-state index in [9.17, 15) is 9.59 Å². The largest absolute Gasteiger partial charge is 0.482 e. The summed E-state index contributed by atoms with van der Waals surface area (Å²) in [7, 11) is 0. The van der Waals surface area contributed by atoms with Crippen molar-refractivity contribution >= 4 is 17.6 Å². The first kappa shape index (κ1) is 18.5. The fourth-order valence-electron chi connectivity index (χ4n) is 2.59. The van der Waals surface area contributed by atoms with Gasteiger partial charge in [0.15, 0.2) is 13.2 Å². The average molecular weight is 341 g/mol. The van der Waals surface area contributed by atoms with Crippen LogP contribution >= 0.6 is 0 Å². The summed E-state index contributed by atoms with van der Waals surface area (Å²) < 4.78 is 10.3. The number of amides is 1. The van der Waals surface area contributed by atoms with Gasteiger partial charge in [0, 0.05) is 5.69 Å². The molecule has 0 atom stereocenters. The van der Waals surface area contributed by atoms with E-state index < -0.39 is 5.97 Å². The first-order valence-corrected chi connectivity index (χ1v) is 8.08. The summed E-state index contributed by atoms with van der Waals surface area (Å²) in [6, 6.07) is 11.3. The number of rotatable bonds is 6. The molecule has 0 saturated carbocycles. The minimum absolute atomic E-state index is 0.237. The second kappa shape index (κ2) is 8.33. The molecule has 0 fully saturated rings. The maximum atomic E-state index is 12.0. The molecule has 0 heterocycles. The van der Waals surface area contributed by atoms with E-state index in [0.717, 1.165) is 27.9 Å². The predicted octanol–water partition coefficient (Wildman–Crippen LogP) is 3.48. The van der Waals surface area contributed by atoms with E-state index in [1.807, 2.05) is 58.0 Å². The van der Waals surface area contributed by atoms with E-state index in [-0.39, 0.29) is 19.1 Å². The minimum atomic E-state index is -0.589. The molecule has 0 aromatic heterocycles. The summed E-state index contributed by atoms with van der Waals surface area (Å²) in [4.78, 5) is 23.7. The highest BCUT2D eigenvalue weighted by Crippen LogP contribution is 2.21. The molecular weight excluding hydrogens is 318 g/mol. The van der Waals surface area contributed by atoms with Gasteiger partial charge in [-0.2, -0.15) is 0 Å². The highest BCUT2D eigenvalue weighted by molar-refractivity contribution is 5.94. The van der Waals surface area contributed by atoms with E-state index in [4.69, 9.17) is 9.47 Å². The van der Waals surface area contributed by atoms with Gasteiger partial charge in [0.05, 0.1) is 0 Å². The van der Waals surface area contributed by atoms with Crippen LogP contribution in [0.1, 0.15) is 22.3 Å². The first-order valence-electron chi connectivity index (χ1n) is 8.08. The predicted molar refractivity (Wildman–Crippen MR) is 96.9 cm³/mol. The van der Waals surface area contributed by atoms with Crippen LogP contribution in [0.25, 0.3) is 0 Å². The van der Waals surface area contributed by atoms with Gasteiger partial charge >= 0.3 is 5.97 Å². The van der Waals surface area contributed by atoms with Gasteiger partial charge in [-0.1, -0.05) is 29.8 Å². The van der Waals surface area contributed by atoms with Gasteiger partial charge < -0.3 is 14.8 Å². The number of nitrogens with one attached hydrogen (secondary N) is 1. The summed E-state index contributed by atoms with van der Waals surface area (Å²) in [5, 5.41) is 2.79. The molecule has 2 rings (SSSR count). The number of hydrogen-bond donors (Lipinski definition) is 1. The number of aryl methyl sites for hydroxylation is 4. The topological polar surface area (TPSA) is 64.6 Å². The Morgan fingerprint density at radius 3 is 2.24 bits per heavy atom. The first-order chi connectivity index (χ1) is 11.8. The summed E-state index contributed by atoms with van der Waals surface area (Å²) in [6.45, 7) is 7.21. The molecule has 25 heavy (non-hydrogen) atoms. The molecule has 0 saturated heterocycles. The Balaban J connectivity index is 1.81. The molecule has 132 valence electrons. The lowest BCUT2D eigenvalue weighted by atomic mass is 10.1. The zero-order valence-electron chi connectivity index (χ0n) is 15.0. The summed E-state index contributed by atoms with van der Waals surface area (Å²) in [5.41, 5.74) is 4.87. The van der Waals surface area contributed by atoms with Gasteiger partial charge in [-0.25, -0.2) is 4.79 Å². The number of benzene rings is 2. The van der Waals surface area contributed by atoms with Gasteiger partial charge in [0.25, 0.3) is 5.91 Å². The van der Waals surface area contributed by atoms with Crippen molar-refractivity contribution in [2.75, 3.05) is 18.5 Å². The highest BCUT2D eigenvalue weighted by atomic mass is 16.6. The Labute approximate surface area is 148 Å². The van der Waals surface area contributed by atoms with Crippen molar-refractivity contribution in [3.63, 3.8) is 0 Å². The fraction of sp³-hybridized carbons (Fsp3) is 0.300. The van der Waals surface area contributed by atoms with Crippen LogP contribution in [-0.4, -0.2) is 25.1 Å². The summed E-state index contributed by atoms with van der Waals surface area (Å²) in [5.74, 6) is -0.375. The third-order valence-corrected chi connectivity index (χ3v) is 3.65. The third kappa shape index (κ3) is 5.64. The molecule has 2 aromatic rings. The van der Waals surface area contributed by atoms with Gasteiger partial charge in [-0.15, -0.1) is 0 Å². The molecule has 0 spiro atoms. The molecule has 0 aliphatic rings. The Kier molecular flexibility index (Phi) is 6.17. The van der Waals surface area contributed by atoms with Crippen LogP contribution in [-0.2, 0) is 14.3 Å². The van der Waals surface area contributed by atoms with Crippen LogP contribution in [0.2, 0.25) is 0 Å². The van der Waals surface area contributed by atoms with Gasteiger partial charge in [0.1, 0.15) is 5.75 Å². The van der Waals surface area contributed by atoms with Crippen LogP contribution in [0.5, 0.6) is 5.75 Å². The van der Waals surface area contributed by atoms with Gasteiger partial charge in [0.2, 0.25) is 0 Å². The monoisotopic (exact) mass is 341 g/mol. The lowest BCUT2D eigenvalue weighted by Gasteiger charge is -2.13. The number of anilines is 1. The van der Waals surface area contributed by atoms with Crippen molar-refractivity contribution in [3.05, 3.63) is 58.7 Å². The Bertz CT molecular complexity index is 760. The normalized spacial score (nSPS) is 10.2. The quantitative estimate of drug-likeness (QED) is 0.817. The number of carbonyl (C=O) groups excluding carboxylic acids is 2. The van der Waals surface area contributed by atoms with Crippen LogP contribution in [0.3, 0.4) is 0 Å². The Morgan fingerprint density at radius 1 is 0.920 bits per heavy atom. The molecule has 0 aliphatic carbocycles. The molecule has 2 aromatic carbocycles. The van der Waals surface area contributed by atoms with E-state index in [2.05, 4.69) is 5.32 Å². The zero-order valence-corrected chi connectivity index (χ0v) is 15.0. The second-order valence-corrected chi connectivity index (χ2v) is 6.09. The minimum Gasteiger partial charge on any atom is -0.482 e. The van der Waals surface area contributed by atoms with Crippen molar-refractivity contribution in [2.45, 2.75) is 27.7 Å². The SMILES string of the molecule is Cc1cccc(OCC(=O)OCC(=O)Nc2c(C)cc(C)cc2C)c1. The number of esters is 1. The second-order valence-electron chi connectivity index (χ2n) is 6.09. The van der Waals surface area contributed by atoms with Crippen molar-refractivity contribution in [2.24, 2.45) is 0 Å². The van der Waals surface area contributed by atoms with Crippen LogP contribution in [0.4, 0.5) is 5.69 Å². The zero-order chi connectivity index (χ0) is 18.4. The van der Waals surface area contributed by atoms with E-state index in [0.29, 0.717) is 5.75 Å². The Hall–Kier alpha value is -2.82. The molecule has 5 heteroatoms. The maximum absolute atomic E-state index is 12.0. The van der Waals surface area contributed by atoms with Crippen molar-refractivity contribution in [3.8, 4) is 5.75 Å². The molecular formula is C20H23NO4. The van der Waals surface area contributed by atoms with Crippen molar-refractivity contribution in [1.82, 2.24) is 0 Å². The van der Waals surface area contributed by atoms with E-state index in [1.54, 1.807) is 6.07 Å².